The molecule has 0 fully saturated rings. The van der Waals surface area contributed by atoms with Crippen LogP contribution >= 0.6 is 0 Å². The van der Waals surface area contributed by atoms with E-state index in [0.29, 0.717) is 0 Å². The second-order valence-electron chi connectivity index (χ2n) is 3.09. The van der Waals surface area contributed by atoms with Gasteiger partial charge in [-0.25, -0.2) is 0 Å². The second kappa shape index (κ2) is 3.91. The number of hydrogen-bond acceptors (Lipinski definition) is 0. The average molecular weight is 158 g/mol. The molecule has 0 spiro atoms. The molecule has 1 aromatic carbocycles. The normalized spacial score (nSPS) is 10.5. The number of allylic oxidation sites excluding steroid dienone is 2. The maximum absolute atomic E-state index is 3.80. The van der Waals surface area contributed by atoms with Gasteiger partial charge in [0.2, 0.25) is 0 Å². The van der Waals surface area contributed by atoms with Gasteiger partial charge >= 0.3 is 0 Å². The molecule has 0 amide bonds. The lowest BCUT2D eigenvalue weighted by atomic mass is 10.1. The van der Waals surface area contributed by atoms with Crippen molar-refractivity contribution in [2.75, 3.05) is 0 Å². The first-order valence-electron chi connectivity index (χ1n) is 4.09. The molecule has 0 aliphatic heterocycles. The van der Waals surface area contributed by atoms with Crippen molar-refractivity contribution in [1.29, 1.82) is 0 Å². The number of benzene rings is 1. The van der Waals surface area contributed by atoms with Crippen molar-refractivity contribution in [3.05, 3.63) is 53.6 Å². The zero-order valence-electron chi connectivity index (χ0n) is 7.67. The summed E-state index contributed by atoms with van der Waals surface area (Å²) in [5.74, 6) is 0. The summed E-state index contributed by atoms with van der Waals surface area (Å²) >= 11 is 0. The molecular weight excluding hydrogens is 144 g/mol. The Balaban J connectivity index is 2.77. The van der Waals surface area contributed by atoms with E-state index in [9.17, 15) is 0 Å². The first-order valence-corrected chi connectivity index (χ1v) is 4.09. The smallest absolute Gasteiger partial charge is 0.0256 e. The Labute approximate surface area is 74.2 Å². The summed E-state index contributed by atoms with van der Waals surface area (Å²) < 4.78 is 0. The SMILES string of the molecule is C=C(C)/C=C\c1ccc(C)cc1. The van der Waals surface area contributed by atoms with Crippen molar-refractivity contribution in [3.63, 3.8) is 0 Å². The Kier molecular flexibility index (Phi) is 2.87. The van der Waals surface area contributed by atoms with Crippen molar-refractivity contribution >= 4 is 6.08 Å². The molecule has 1 aromatic rings. The molecule has 0 aromatic heterocycles. The maximum atomic E-state index is 3.80. The molecular formula is C12H14. The summed E-state index contributed by atoms with van der Waals surface area (Å²) in [5.41, 5.74) is 3.60. The summed E-state index contributed by atoms with van der Waals surface area (Å²) in [6.07, 6.45) is 4.09. The Morgan fingerprint density at radius 2 is 1.83 bits per heavy atom. The van der Waals surface area contributed by atoms with E-state index in [-0.39, 0.29) is 0 Å². The third kappa shape index (κ3) is 2.75. The minimum Gasteiger partial charge on any atom is -0.0961 e. The van der Waals surface area contributed by atoms with E-state index in [4.69, 9.17) is 0 Å². The van der Waals surface area contributed by atoms with Gasteiger partial charge in [-0.05, 0) is 19.4 Å². The molecule has 0 N–H and O–H groups in total. The fourth-order valence-corrected chi connectivity index (χ4v) is 0.916. The number of hydrogen-bond donors (Lipinski definition) is 0. The lowest BCUT2D eigenvalue weighted by molar-refractivity contribution is 1.46. The van der Waals surface area contributed by atoms with Gasteiger partial charge in [-0.15, -0.1) is 0 Å². The van der Waals surface area contributed by atoms with E-state index >= 15 is 0 Å². The standard InChI is InChI=1S/C12H14/c1-10(2)4-7-12-8-5-11(3)6-9-12/h4-9H,1H2,2-3H3/b7-4-. The van der Waals surface area contributed by atoms with Crippen LogP contribution in [0.2, 0.25) is 0 Å². The Hall–Kier alpha value is -1.30. The highest BCUT2D eigenvalue weighted by Gasteiger charge is 1.85. The van der Waals surface area contributed by atoms with Crippen molar-refractivity contribution in [2.45, 2.75) is 13.8 Å². The molecule has 0 unspecified atom stereocenters. The lowest BCUT2D eigenvalue weighted by Gasteiger charge is -1.94. The molecule has 0 aliphatic carbocycles. The van der Waals surface area contributed by atoms with E-state index < -0.39 is 0 Å². The molecule has 62 valence electrons. The van der Waals surface area contributed by atoms with Crippen LogP contribution in [0.5, 0.6) is 0 Å². The maximum Gasteiger partial charge on any atom is -0.0256 e. The highest BCUT2D eigenvalue weighted by Crippen LogP contribution is 2.06. The van der Waals surface area contributed by atoms with Gasteiger partial charge in [0, 0.05) is 0 Å². The monoisotopic (exact) mass is 158 g/mol. The second-order valence-corrected chi connectivity index (χ2v) is 3.09. The van der Waals surface area contributed by atoms with Crippen LogP contribution in [0.3, 0.4) is 0 Å². The first-order chi connectivity index (χ1) is 5.68. The van der Waals surface area contributed by atoms with Crippen LogP contribution in [0.25, 0.3) is 6.08 Å². The van der Waals surface area contributed by atoms with Gasteiger partial charge in [-0.3, -0.25) is 0 Å². The van der Waals surface area contributed by atoms with Gasteiger partial charge in [0.05, 0.1) is 0 Å². The molecule has 12 heavy (non-hydrogen) atoms. The van der Waals surface area contributed by atoms with Crippen molar-refractivity contribution < 1.29 is 0 Å². The number of aryl methyl sites for hydroxylation is 1. The quantitative estimate of drug-likeness (QED) is 0.577. The van der Waals surface area contributed by atoms with Crippen LogP contribution < -0.4 is 0 Å². The molecule has 0 heterocycles. The van der Waals surface area contributed by atoms with Gasteiger partial charge in [0.1, 0.15) is 0 Å². The Morgan fingerprint density at radius 3 is 2.33 bits per heavy atom. The highest BCUT2D eigenvalue weighted by atomic mass is 13.9. The topological polar surface area (TPSA) is 0 Å². The largest absolute Gasteiger partial charge is 0.0961 e. The summed E-state index contributed by atoms with van der Waals surface area (Å²) in [5, 5.41) is 0. The van der Waals surface area contributed by atoms with E-state index in [1.807, 2.05) is 13.0 Å². The van der Waals surface area contributed by atoms with Crippen LogP contribution in [0.1, 0.15) is 18.1 Å². The Morgan fingerprint density at radius 1 is 1.25 bits per heavy atom. The molecule has 0 saturated heterocycles. The van der Waals surface area contributed by atoms with E-state index in [1.165, 1.54) is 11.1 Å². The van der Waals surface area contributed by atoms with Gasteiger partial charge in [-0.1, -0.05) is 54.1 Å². The highest BCUT2D eigenvalue weighted by molar-refractivity contribution is 5.52. The van der Waals surface area contributed by atoms with Gasteiger partial charge < -0.3 is 0 Å². The zero-order valence-corrected chi connectivity index (χ0v) is 7.67. The zero-order chi connectivity index (χ0) is 8.97. The van der Waals surface area contributed by atoms with Gasteiger partial charge in [0.15, 0.2) is 0 Å². The molecule has 0 saturated carbocycles. The fraction of sp³-hybridized carbons (Fsp3) is 0.167. The fourth-order valence-electron chi connectivity index (χ4n) is 0.916. The van der Waals surface area contributed by atoms with Crippen LogP contribution in [0.15, 0.2) is 42.5 Å². The van der Waals surface area contributed by atoms with Crippen LogP contribution in [0.4, 0.5) is 0 Å². The van der Waals surface area contributed by atoms with Crippen molar-refractivity contribution in [3.8, 4) is 0 Å². The minimum absolute atomic E-state index is 1.08. The summed E-state index contributed by atoms with van der Waals surface area (Å²) in [6.45, 7) is 7.88. The molecule has 0 atom stereocenters. The average Bonchev–Trinajstić information content (AvgIpc) is 2.03. The van der Waals surface area contributed by atoms with Crippen molar-refractivity contribution in [2.24, 2.45) is 0 Å². The van der Waals surface area contributed by atoms with Crippen LogP contribution in [-0.2, 0) is 0 Å². The third-order valence-electron chi connectivity index (χ3n) is 1.64. The molecule has 0 nitrogen and oxygen atoms in total. The van der Waals surface area contributed by atoms with E-state index in [0.717, 1.165) is 5.57 Å². The van der Waals surface area contributed by atoms with E-state index in [1.54, 1.807) is 0 Å². The minimum atomic E-state index is 1.08. The van der Waals surface area contributed by atoms with Crippen LogP contribution in [-0.4, -0.2) is 0 Å². The number of rotatable bonds is 2. The molecule has 0 heteroatoms. The predicted octanol–water partition coefficient (Wildman–Crippen LogP) is 3.58. The van der Waals surface area contributed by atoms with Gasteiger partial charge in [0.25, 0.3) is 0 Å². The summed E-state index contributed by atoms with van der Waals surface area (Å²) in [4.78, 5) is 0. The van der Waals surface area contributed by atoms with Crippen LogP contribution in [0, 0.1) is 6.92 Å². The molecule has 0 aliphatic rings. The Bertz CT molecular complexity index is 288. The lowest BCUT2D eigenvalue weighted by Crippen LogP contribution is -1.73. The van der Waals surface area contributed by atoms with Gasteiger partial charge in [-0.2, -0.15) is 0 Å². The first kappa shape index (κ1) is 8.79. The summed E-state index contributed by atoms with van der Waals surface area (Å²) in [6, 6.07) is 8.43. The predicted molar refractivity (Wildman–Crippen MR) is 55.0 cm³/mol. The summed E-state index contributed by atoms with van der Waals surface area (Å²) in [7, 11) is 0. The molecule has 0 bridgehead atoms. The van der Waals surface area contributed by atoms with Crippen molar-refractivity contribution in [1.82, 2.24) is 0 Å². The third-order valence-corrected chi connectivity index (χ3v) is 1.64. The molecule has 1 rings (SSSR count). The molecule has 0 radical (unpaired) electrons. The van der Waals surface area contributed by atoms with E-state index in [2.05, 4.69) is 43.8 Å².